The largest absolute Gasteiger partial charge is 0.377 e. The number of nitrogens with zero attached hydrogens (tertiary/aromatic N) is 3. The minimum absolute atomic E-state index is 0.131. The molecule has 2 aromatic rings. The molecule has 1 aromatic carbocycles. The Hall–Kier alpha value is -2.97. The van der Waals surface area contributed by atoms with Crippen LogP contribution in [0.25, 0.3) is 11.4 Å². The summed E-state index contributed by atoms with van der Waals surface area (Å²) < 4.78 is 5.66. The summed E-state index contributed by atoms with van der Waals surface area (Å²) in [5.74, 6) is 1.71. The molecule has 3 heterocycles. The van der Waals surface area contributed by atoms with Crippen molar-refractivity contribution in [1.82, 2.24) is 20.6 Å². The third kappa shape index (κ3) is 4.76. The van der Waals surface area contributed by atoms with Crippen molar-refractivity contribution < 1.29 is 9.53 Å². The van der Waals surface area contributed by atoms with Crippen LogP contribution in [0.1, 0.15) is 37.6 Å². The van der Waals surface area contributed by atoms with E-state index in [0.29, 0.717) is 25.6 Å². The molecule has 0 radical (unpaired) electrons. The Balaban J connectivity index is 1.72. The molecule has 2 aliphatic rings. The van der Waals surface area contributed by atoms with Gasteiger partial charge >= 0.3 is 6.03 Å². The van der Waals surface area contributed by atoms with Crippen LogP contribution in [0.15, 0.2) is 36.9 Å². The molecule has 2 aliphatic heterocycles. The van der Waals surface area contributed by atoms with E-state index in [-0.39, 0.29) is 18.1 Å². The van der Waals surface area contributed by atoms with Crippen LogP contribution >= 0.6 is 0 Å². The zero-order valence-electron chi connectivity index (χ0n) is 18.9. The Bertz CT molecular complexity index is 962. The molecule has 2 atom stereocenters. The summed E-state index contributed by atoms with van der Waals surface area (Å²) in [7, 11) is 0. The smallest absolute Gasteiger partial charge is 0.319 e. The Morgan fingerprint density at radius 3 is 2.88 bits per heavy atom. The fraction of sp³-hybridized carbons (Fsp3) is 0.458. The first-order chi connectivity index (χ1) is 15.6. The molecule has 170 valence electrons. The first-order valence-corrected chi connectivity index (χ1v) is 11.4. The SMILES string of the molecule is C=CC[C@H]1NCCc2c1nc(-c1ccc(NC(=O)NCC)cc1)nc2N1CCOC[C@@H]1C. The maximum atomic E-state index is 11.8. The third-order valence-electron chi connectivity index (χ3n) is 5.89. The van der Waals surface area contributed by atoms with Crippen molar-refractivity contribution >= 4 is 17.5 Å². The number of morpholine rings is 1. The number of nitrogens with one attached hydrogen (secondary N) is 3. The van der Waals surface area contributed by atoms with Crippen molar-refractivity contribution in [2.75, 3.05) is 43.1 Å². The molecule has 3 N–H and O–H groups in total. The van der Waals surface area contributed by atoms with E-state index in [9.17, 15) is 4.79 Å². The predicted octanol–water partition coefficient (Wildman–Crippen LogP) is 3.27. The molecule has 0 spiro atoms. The van der Waals surface area contributed by atoms with Gasteiger partial charge in [-0.1, -0.05) is 6.08 Å². The van der Waals surface area contributed by atoms with Crippen LogP contribution in [0.2, 0.25) is 0 Å². The van der Waals surface area contributed by atoms with Crippen LogP contribution < -0.4 is 20.9 Å². The number of hydrogen-bond donors (Lipinski definition) is 3. The number of fused-ring (bicyclic) bond motifs is 1. The van der Waals surface area contributed by atoms with E-state index in [1.165, 1.54) is 5.56 Å². The Labute approximate surface area is 189 Å². The fourth-order valence-electron chi connectivity index (χ4n) is 4.29. The number of hydrogen-bond acceptors (Lipinski definition) is 6. The average Bonchev–Trinajstić information content (AvgIpc) is 2.80. The Morgan fingerprint density at radius 2 is 2.16 bits per heavy atom. The van der Waals surface area contributed by atoms with E-state index < -0.39 is 0 Å². The number of ether oxygens (including phenoxy) is 1. The summed E-state index contributed by atoms with van der Waals surface area (Å²) in [6, 6.07) is 7.84. The minimum atomic E-state index is -0.216. The van der Waals surface area contributed by atoms with Crippen LogP contribution in [-0.2, 0) is 11.2 Å². The first kappa shape index (κ1) is 22.2. The molecular formula is C24H32N6O2. The fourth-order valence-corrected chi connectivity index (χ4v) is 4.29. The van der Waals surface area contributed by atoms with Gasteiger partial charge in [0.15, 0.2) is 5.82 Å². The second-order valence-corrected chi connectivity index (χ2v) is 8.19. The highest BCUT2D eigenvalue weighted by Crippen LogP contribution is 2.34. The summed E-state index contributed by atoms with van der Waals surface area (Å²) in [5.41, 5.74) is 3.92. The lowest BCUT2D eigenvalue weighted by atomic mass is 9.96. The van der Waals surface area contributed by atoms with Crippen molar-refractivity contribution in [3.8, 4) is 11.4 Å². The van der Waals surface area contributed by atoms with Crippen LogP contribution in [-0.4, -0.2) is 54.9 Å². The van der Waals surface area contributed by atoms with Gasteiger partial charge < -0.3 is 25.6 Å². The maximum absolute atomic E-state index is 11.8. The van der Waals surface area contributed by atoms with Gasteiger partial charge in [0.05, 0.1) is 31.0 Å². The monoisotopic (exact) mass is 436 g/mol. The molecule has 8 nitrogen and oxygen atoms in total. The quantitative estimate of drug-likeness (QED) is 0.602. The van der Waals surface area contributed by atoms with Gasteiger partial charge in [0.2, 0.25) is 0 Å². The lowest BCUT2D eigenvalue weighted by Crippen LogP contribution is -2.45. The van der Waals surface area contributed by atoms with E-state index in [4.69, 9.17) is 14.7 Å². The molecule has 0 saturated carbocycles. The standard InChI is InChI=1S/C24H32N6O2/c1-4-6-20-21-19(11-12-26-20)23(30-13-14-32-15-16(30)3)29-22(28-21)17-7-9-18(10-8-17)27-24(31)25-5-2/h4,7-10,16,20,26H,1,5-6,11-15H2,2-3H3,(H2,25,27,31)/t16-,20+/m0/s1. The van der Waals surface area contributed by atoms with Crippen molar-refractivity contribution in [2.24, 2.45) is 0 Å². The molecule has 0 aliphatic carbocycles. The van der Waals surface area contributed by atoms with Crippen molar-refractivity contribution in [3.63, 3.8) is 0 Å². The van der Waals surface area contributed by atoms with Crippen molar-refractivity contribution in [3.05, 3.63) is 48.2 Å². The number of aromatic nitrogens is 2. The van der Waals surface area contributed by atoms with Crippen LogP contribution in [0.5, 0.6) is 0 Å². The molecular weight excluding hydrogens is 404 g/mol. The summed E-state index contributed by atoms with van der Waals surface area (Å²) in [6.45, 7) is 11.7. The van der Waals surface area contributed by atoms with Gasteiger partial charge in [-0.25, -0.2) is 14.8 Å². The lowest BCUT2D eigenvalue weighted by Gasteiger charge is -2.37. The van der Waals surface area contributed by atoms with Gasteiger partial charge in [-0.2, -0.15) is 0 Å². The van der Waals surface area contributed by atoms with Crippen LogP contribution in [0.3, 0.4) is 0 Å². The first-order valence-electron chi connectivity index (χ1n) is 11.4. The van der Waals surface area contributed by atoms with Gasteiger partial charge in [0.25, 0.3) is 0 Å². The van der Waals surface area contributed by atoms with Gasteiger partial charge in [0, 0.05) is 36.4 Å². The molecule has 32 heavy (non-hydrogen) atoms. The molecule has 2 amide bonds. The highest BCUT2D eigenvalue weighted by atomic mass is 16.5. The third-order valence-corrected chi connectivity index (χ3v) is 5.89. The van der Waals surface area contributed by atoms with E-state index in [1.807, 2.05) is 37.3 Å². The summed E-state index contributed by atoms with van der Waals surface area (Å²) in [4.78, 5) is 24.2. The topological polar surface area (TPSA) is 91.4 Å². The van der Waals surface area contributed by atoms with E-state index in [2.05, 4.69) is 34.4 Å². The summed E-state index contributed by atoms with van der Waals surface area (Å²) >= 11 is 0. The van der Waals surface area contributed by atoms with Crippen LogP contribution in [0, 0.1) is 0 Å². The normalized spacial score (nSPS) is 20.4. The molecule has 0 bridgehead atoms. The average molecular weight is 437 g/mol. The zero-order chi connectivity index (χ0) is 22.5. The zero-order valence-corrected chi connectivity index (χ0v) is 18.9. The number of benzene rings is 1. The lowest BCUT2D eigenvalue weighted by molar-refractivity contribution is 0.0984. The minimum Gasteiger partial charge on any atom is -0.377 e. The molecule has 1 saturated heterocycles. The Morgan fingerprint density at radius 1 is 1.34 bits per heavy atom. The van der Waals surface area contributed by atoms with Crippen LogP contribution in [0.4, 0.5) is 16.3 Å². The number of anilines is 2. The van der Waals surface area contributed by atoms with Gasteiger partial charge in [0.1, 0.15) is 5.82 Å². The molecule has 1 fully saturated rings. The maximum Gasteiger partial charge on any atom is 0.319 e. The summed E-state index contributed by atoms with van der Waals surface area (Å²) in [5, 5.41) is 9.14. The molecule has 0 unspecified atom stereocenters. The number of amides is 2. The number of urea groups is 1. The Kier molecular flexibility index (Phi) is 7.02. The van der Waals surface area contributed by atoms with Gasteiger partial charge in [-0.15, -0.1) is 6.58 Å². The van der Waals surface area contributed by atoms with E-state index >= 15 is 0 Å². The molecule has 8 heteroatoms. The molecule has 1 aromatic heterocycles. The van der Waals surface area contributed by atoms with Gasteiger partial charge in [-0.3, -0.25) is 0 Å². The highest BCUT2D eigenvalue weighted by Gasteiger charge is 2.30. The number of rotatable bonds is 6. The number of carbonyl (C=O) groups excluding carboxylic acids is 1. The number of carbonyl (C=O) groups is 1. The van der Waals surface area contributed by atoms with Gasteiger partial charge in [-0.05, 0) is 51.0 Å². The second kappa shape index (κ2) is 10.1. The van der Waals surface area contributed by atoms with Crippen molar-refractivity contribution in [2.45, 2.75) is 38.8 Å². The summed E-state index contributed by atoms with van der Waals surface area (Å²) in [6.07, 6.45) is 3.66. The van der Waals surface area contributed by atoms with E-state index in [0.717, 1.165) is 48.7 Å². The van der Waals surface area contributed by atoms with E-state index in [1.54, 1.807) is 0 Å². The molecule has 4 rings (SSSR count). The predicted molar refractivity (Wildman–Crippen MR) is 127 cm³/mol. The highest BCUT2D eigenvalue weighted by molar-refractivity contribution is 5.89. The second-order valence-electron chi connectivity index (χ2n) is 8.19. The van der Waals surface area contributed by atoms with Crippen molar-refractivity contribution in [1.29, 1.82) is 0 Å².